The SMILES string of the molecule is N#CC(=CNc1ccc(C(=O)NCCC(=O)O)cc1)c1nn[nH]n1. The largest absolute Gasteiger partial charge is 0.481 e. The number of carboxylic acids is 1. The van der Waals surface area contributed by atoms with Crippen molar-refractivity contribution in [3.63, 3.8) is 0 Å². The number of carboxylic acid groups (broad SMARTS) is 1. The number of benzene rings is 1. The highest BCUT2D eigenvalue weighted by molar-refractivity contribution is 5.94. The molecule has 0 saturated heterocycles. The minimum atomic E-state index is -0.975. The van der Waals surface area contributed by atoms with E-state index in [0.717, 1.165) is 0 Å². The number of aromatic nitrogens is 4. The van der Waals surface area contributed by atoms with E-state index < -0.39 is 5.97 Å². The van der Waals surface area contributed by atoms with Crippen molar-refractivity contribution in [2.24, 2.45) is 0 Å². The first kappa shape index (κ1) is 16.6. The first-order chi connectivity index (χ1) is 11.6. The fourth-order valence-electron chi connectivity index (χ4n) is 1.68. The number of carbonyl (C=O) groups is 2. The van der Waals surface area contributed by atoms with E-state index in [0.29, 0.717) is 11.3 Å². The molecule has 4 N–H and O–H groups in total. The number of nitrogens with one attached hydrogen (secondary N) is 3. The van der Waals surface area contributed by atoms with Crippen LogP contribution in [0.1, 0.15) is 22.6 Å². The molecule has 0 bridgehead atoms. The van der Waals surface area contributed by atoms with Crippen LogP contribution < -0.4 is 10.6 Å². The number of allylic oxidation sites excluding steroid dienone is 1. The molecule has 24 heavy (non-hydrogen) atoms. The lowest BCUT2D eigenvalue weighted by Crippen LogP contribution is -2.25. The molecule has 0 atom stereocenters. The monoisotopic (exact) mass is 327 g/mol. The average Bonchev–Trinajstić information content (AvgIpc) is 3.10. The number of anilines is 1. The summed E-state index contributed by atoms with van der Waals surface area (Å²) in [5.74, 6) is -1.17. The number of hydrogen-bond donors (Lipinski definition) is 4. The Balaban J connectivity index is 1.96. The van der Waals surface area contributed by atoms with Gasteiger partial charge in [0.05, 0.1) is 6.42 Å². The Labute approximate surface area is 136 Å². The van der Waals surface area contributed by atoms with Crippen molar-refractivity contribution in [2.75, 3.05) is 11.9 Å². The van der Waals surface area contributed by atoms with Crippen molar-refractivity contribution >= 4 is 23.1 Å². The Morgan fingerprint density at radius 3 is 2.67 bits per heavy atom. The molecule has 10 heteroatoms. The number of rotatable bonds is 7. The van der Waals surface area contributed by atoms with Crippen LogP contribution in [0.3, 0.4) is 0 Å². The molecule has 122 valence electrons. The number of aromatic amines is 1. The van der Waals surface area contributed by atoms with Crippen LogP contribution in [0.2, 0.25) is 0 Å². The molecule has 0 saturated carbocycles. The number of nitrogens with zero attached hydrogens (tertiary/aromatic N) is 4. The predicted molar refractivity (Wildman–Crippen MR) is 82.4 cm³/mol. The van der Waals surface area contributed by atoms with E-state index in [-0.39, 0.29) is 30.3 Å². The Bertz CT molecular complexity index is 776. The second-order valence-electron chi connectivity index (χ2n) is 4.53. The zero-order valence-corrected chi connectivity index (χ0v) is 12.4. The quantitative estimate of drug-likeness (QED) is 0.531. The fraction of sp³-hybridized carbons (Fsp3) is 0.143. The maximum Gasteiger partial charge on any atom is 0.305 e. The van der Waals surface area contributed by atoms with Crippen LogP contribution in [0.15, 0.2) is 30.5 Å². The Hall–Kier alpha value is -3.74. The number of amides is 1. The lowest BCUT2D eigenvalue weighted by atomic mass is 10.2. The van der Waals surface area contributed by atoms with Gasteiger partial charge in [0.2, 0.25) is 5.82 Å². The third kappa shape index (κ3) is 4.63. The van der Waals surface area contributed by atoms with Crippen LogP contribution in [-0.4, -0.2) is 44.2 Å². The molecule has 0 spiro atoms. The second kappa shape index (κ2) is 8.04. The van der Waals surface area contributed by atoms with Gasteiger partial charge in [0, 0.05) is 24.0 Å². The van der Waals surface area contributed by atoms with Crippen LogP contribution in [0.4, 0.5) is 5.69 Å². The summed E-state index contributed by atoms with van der Waals surface area (Å²) in [7, 11) is 0. The maximum atomic E-state index is 11.8. The molecule has 2 aromatic rings. The average molecular weight is 327 g/mol. The maximum absolute atomic E-state index is 11.8. The van der Waals surface area contributed by atoms with E-state index in [1.54, 1.807) is 24.3 Å². The van der Waals surface area contributed by atoms with Crippen molar-refractivity contribution in [1.29, 1.82) is 5.26 Å². The normalized spacial score (nSPS) is 10.7. The number of tetrazole rings is 1. The van der Waals surface area contributed by atoms with Crippen molar-refractivity contribution in [1.82, 2.24) is 25.9 Å². The van der Waals surface area contributed by atoms with Crippen molar-refractivity contribution in [2.45, 2.75) is 6.42 Å². The lowest BCUT2D eigenvalue weighted by Gasteiger charge is -2.05. The van der Waals surface area contributed by atoms with Crippen molar-refractivity contribution in [3.8, 4) is 6.07 Å². The van der Waals surface area contributed by atoms with Gasteiger partial charge in [0.25, 0.3) is 5.91 Å². The highest BCUT2D eigenvalue weighted by atomic mass is 16.4. The van der Waals surface area contributed by atoms with Gasteiger partial charge < -0.3 is 15.7 Å². The van der Waals surface area contributed by atoms with E-state index in [2.05, 4.69) is 31.3 Å². The molecule has 0 fully saturated rings. The van der Waals surface area contributed by atoms with Crippen molar-refractivity contribution in [3.05, 3.63) is 41.9 Å². The van der Waals surface area contributed by atoms with E-state index in [1.807, 2.05) is 6.07 Å². The van der Waals surface area contributed by atoms with Gasteiger partial charge in [0.1, 0.15) is 11.6 Å². The van der Waals surface area contributed by atoms with Gasteiger partial charge >= 0.3 is 5.97 Å². The smallest absolute Gasteiger partial charge is 0.305 e. The molecule has 0 aliphatic heterocycles. The van der Waals surface area contributed by atoms with Gasteiger partial charge in [-0.15, -0.1) is 10.2 Å². The molecular formula is C14H13N7O3. The molecule has 0 radical (unpaired) electrons. The molecule has 1 aromatic heterocycles. The Morgan fingerprint density at radius 1 is 1.33 bits per heavy atom. The zero-order chi connectivity index (χ0) is 17.4. The molecule has 10 nitrogen and oxygen atoms in total. The van der Waals surface area contributed by atoms with Crippen LogP contribution in [0.25, 0.3) is 5.57 Å². The summed E-state index contributed by atoms with van der Waals surface area (Å²) < 4.78 is 0. The standard InChI is InChI=1S/C14H13N7O3/c15-7-10(13-18-20-21-19-13)8-17-11-3-1-9(2-4-11)14(24)16-6-5-12(22)23/h1-4,8,17H,5-6H2,(H,16,24)(H,22,23)(H,18,19,20,21). The Kier molecular flexibility index (Phi) is 5.57. The van der Waals surface area contributed by atoms with Crippen molar-refractivity contribution < 1.29 is 14.7 Å². The molecule has 0 aliphatic carbocycles. The number of nitriles is 1. The van der Waals surface area contributed by atoms with Crippen LogP contribution in [-0.2, 0) is 4.79 Å². The Morgan fingerprint density at radius 2 is 2.08 bits per heavy atom. The predicted octanol–water partition coefficient (Wildman–Crippen LogP) is 0.381. The summed E-state index contributed by atoms with van der Waals surface area (Å²) in [6.07, 6.45) is 1.29. The zero-order valence-electron chi connectivity index (χ0n) is 12.4. The molecule has 1 heterocycles. The van der Waals surface area contributed by atoms with Gasteiger partial charge in [-0.25, -0.2) is 0 Å². The number of aliphatic carboxylic acids is 1. The summed E-state index contributed by atoms with van der Waals surface area (Å²) >= 11 is 0. The van der Waals surface area contributed by atoms with Gasteiger partial charge in [-0.1, -0.05) is 0 Å². The summed E-state index contributed by atoms with van der Waals surface area (Å²) in [5, 5.41) is 36.0. The molecule has 1 aromatic carbocycles. The third-order valence-corrected chi connectivity index (χ3v) is 2.86. The lowest BCUT2D eigenvalue weighted by molar-refractivity contribution is -0.136. The first-order valence-corrected chi connectivity index (χ1v) is 6.81. The van der Waals surface area contributed by atoms with Crippen LogP contribution >= 0.6 is 0 Å². The van der Waals surface area contributed by atoms with Crippen LogP contribution in [0.5, 0.6) is 0 Å². The second-order valence-corrected chi connectivity index (χ2v) is 4.53. The highest BCUT2D eigenvalue weighted by Crippen LogP contribution is 2.12. The van der Waals surface area contributed by atoms with E-state index in [1.165, 1.54) is 6.20 Å². The third-order valence-electron chi connectivity index (χ3n) is 2.86. The van der Waals surface area contributed by atoms with E-state index in [4.69, 9.17) is 10.4 Å². The van der Waals surface area contributed by atoms with Gasteiger partial charge in [0.15, 0.2) is 0 Å². The summed E-state index contributed by atoms with van der Waals surface area (Å²) in [4.78, 5) is 22.2. The summed E-state index contributed by atoms with van der Waals surface area (Å²) in [5.41, 5.74) is 1.24. The van der Waals surface area contributed by atoms with Gasteiger partial charge in [-0.2, -0.15) is 10.5 Å². The minimum absolute atomic E-state index is 0.0626. The van der Waals surface area contributed by atoms with E-state index >= 15 is 0 Å². The highest BCUT2D eigenvalue weighted by Gasteiger charge is 2.07. The number of H-pyrrole nitrogens is 1. The molecular weight excluding hydrogens is 314 g/mol. The van der Waals surface area contributed by atoms with Gasteiger partial charge in [-0.05, 0) is 29.5 Å². The number of carbonyl (C=O) groups excluding carboxylic acids is 1. The summed E-state index contributed by atoms with van der Waals surface area (Å²) in [6, 6.07) is 8.38. The fourth-order valence-corrected chi connectivity index (χ4v) is 1.68. The number of hydrogen-bond acceptors (Lipinski definition) is 7. The van der Waals surface area contributed by atoms with Crippen LogP contribution in [0, 0.1) is 11.3 Å². The summed E-state index contributed by atoms with van der Waals surface area (Å²) in [6.45, 7) is 0.0626. The molecule has 1 amide bonds. The minimum Gasteiger partial charge on any atom is -0.481 e. The molecule has 0 unspecified atom stereocenters. The first-order valence-electron chi connectivity index (χ1n) is 6.81. The molecule has 2 rings (SSSR count). The topological polar surface area (TPSA) is 157 Å². The van der Waals surface area contributed by atoms with E-state index in [9.17, 15) is 9.59 Å². The van der Waals surface area contributed by atoms with Gasteiger partial charge in [-0.3, -0.25) is 9.59 Å². The molecule has 0 aliphatic rings.